The topological polar surface area (TPSA) is 29.1 Å². The maximum absolute atomic E-state index is 11.1. The minimum Gasteiger partial charge on any atom is -0.352 e. The van der Waals surface area contributed by atoms with Gasteiger partial charge in [0, 0.05) is 12.1 Å². The summed E-state index contributed by atoms with van der Waals surface area (Å²) in [6.07, 6.45) is 5.32. The van der Waals surface area contributed by atoms with Crippen molar-refractivity contribution < 1.29 is 4.79 Å². The van der Waals surface area contributed by atoms with Crippen LogP contribution >= 0.6 is 0 Å². The summed E-state index contributed by atoms with van der Waals surface area (Å²) in [5.74, 6) is -0.0482. The van der Waals surface area contributed by atoms with E-state index in [1.165, 1.54) is 5.57 Å². The zero-order valence-electron chi connectivity index (χ0n) is 9.52. The maximum Gasteiger partial charge on any atom is 0.246 e. The molecule has 0 aliphatic heterocycles. The van der Waals surface area contributed by atoms with Gasteiger partial charge < -0.3 is 5.32 Å². The Balaban J connectivity index is 3.70. The molecule has 14 heavy (non-hydrogen) atoms. The predicted octanol–water partition coefficient (Wildman–Crippen LogP) is 2.82. The van der Waals surface area contributed by atoms with Crippen molar-refractivity contribution in [3.05, 3.63) is 23.8 Å². The molecule has 0 unspecified atom stereocenters. The van der Waals surface area contributed by atoms with Crippen molar-refractivity contribution in [2.45, 2.75) is 40.0 Å². The van der Waals surface area contributed by atoms with E-state index in [-0.39, 0.29) is 5.91 Å². The highest BCUT2D eigenvalue weighted by atomic mass is 16.1. The van der Waals surface area contributed by atoms with Gasteiger partial charge in [0.1, 0.15) is 0 Å². The minimum atomic E-state index is -0.0482. The summed E-state index contributed by atoms with van der Waals surface area (Å²) in [4.78, 5) is 11.1. The molecule has 0 radical (unpaired) electrons. The summed E-state index contributed by atoms with van der Waals surface area (Å²) < 4.78 is 0. The maximum atomic E-state index is 11.1. The van der Waals surface area contributed by atoms with E-state index in [9.17, 15) is 4.79 Å². The number of hydrogen-bond donors (Lipinski definition) is 1. The third kappa shape index (κ3) is 5.57. The average molecular weight is 195 g/mol. The third-order valence-corrected chi connectivity index (χ3v) is 2.16. The van der Waals surface area contributed by atoms with Crippen molar-refractivity contribution >= 4 is 5.91 Å². The highest BCUT2D eigenvalue weighted by Crippen LogP contribution is 2.05. The van der Waals surface area contributed by atoms with Crippen LogP contribution in [0.15, 0.2) is 23.8 Å². The lowest BCUT2D eigenvalue weighted by Crippen LogP contribution is -2.24. The second-order valence-electron chi connectivity index (χ2n) is 3.39. The molecule has 0 spiro atoms. The van der Waals surface area contributed by atoms with Gasteiger partial charge in [0.25, 0.3) is 0 Å². The second-order valence-corrected chi connectivity index (χ2v) is 3.39. The Bertz CT molecular complexity index is 222. The molecule has 0 bridgehead atoms. The van der Waals surface area contributed by atoms with E-state index < -0.39 is 0 Å². The first kappa shape index (κ1) is 12.9. The van der Waals surface area contributed by atoms with E-state index in [4.69, 9.17) is 0 Å². The molecule has 0 rings (SSSR count). The first-order valence-electron chi connectivity index (χ1n) is 5.23. The first-order valence-corrected chi connectivity index (χ1v) is 5.23. The Kier molecular flexibility index (Phi) is 6.81. The van der Waals surface area contributed by atoms with E-state index in [1.54, 1.807) is 6.92 Å². The smallest absolute Gasteiger partial charge is 0.246 e. The predicted molar refractivity (Wildman–Crippen MR) is 61.1 cm³/mol. The molecule has 1 N–H and O–H groups in total. The monoisotopic (exact) mass is 195 g/mol. The molecule has 80 valence electrons. The van der Waals surface area contributed by atoms with Crippen molar-refractivity contribution in [1.29, 1.82) is 0 Å². The summed E-state index contributed by atoms with van der Waals surface area (Å²) in [5, 5.41) is 2.80. The SMILES string of the molecule is C=C(C)C(=O)NCCC=C(CC)CC. The quantitative estimate of drug-likeness (QED) is 0.394. The first-order chi connectivity index (χ1) is 6.61. The van der Waals surface area contributed by atoms with Gasteiger partial charge in [-0.05, 0) is 26.2 Å². The Labute approximate surface area is 87.1 Å². The number of carbonyl (C=O) groups excluding carboxylic acids is 1. The molecule has 0 heterocycles. The lowest BCUT2D eigenvalue weighted by molar-refractivity contribution is -0.117. The lowest BCUT2D eigenvalue weighted by atomic mass is 10.1. The summed E-state index contributed by atoms with van der Waals surface area (Å²) in [5.41, 5.74) is 2.02. The van der Waals surface area contributed by atoms with Crippen LogP contribution in [0, 0.1) is 0 Å². The van der Waals surface area contributed by atoms with Crippen LogP contribution in [-0.4, -0.2) is 12.5 Å². The molecule has 0 aliphatic rings. The van der Waals surface area contributed by atoms with Gasteiger partial charge in [0.2, 0.25) is 5.91 Å². The molecular weight excluding hydrogens is 174 g/mol. The molecule has 0 aromatic heterocycles. The Morgan fingerprint density at radius 2 is 1.93 bits per heavy atom. The van der Waals surface area contributed by atoms with E-state index in [0.717, 1.165) is 19.3 Å². The molecule has 0 fully saturated rings. The molecule has 2 nitrogen and oxygen atoms in total. The Morgan fingerprint density at radius 3 is 2.36 bits per heavy atom. The van der Waals surface area contributed by atoms with Crippen molar-refractivity contribution in [2.24, 2.45) is 0 Å². The van der Waals surface area contributed by atoms with Crippen LogP contribution < -0.4 is 5.32 Å². The fourth-order valence-electron chi connectivity index (χ4n) is 1.15. The van der Waals surface area contributed by atoms with Crippen LogP contribution in [0.3, 0.4) is 0 Å². The summed E-state index contributed by atoms with van der Waals surface area (Å²) >= 11 is 0. The highest BCUT2D eigenvalue weighted by Gasteiger charge is 1.98. The molecule has 1 amide bonds. The van der Waals surface area contributed by atoms with Crippen LogP contribution in [0.1, 0.15) is 40.0 Å². The van der Waals surface area contributed by atoms with Crippen LogP contribution in [0.2, 0.25) is 0 Å². The summed E-state index contributed by atoms with van der Waals surface area (Å²) in [6.45, 7) is 10.3. The standard InChI is InChI=1S/C12H21NO/c1-5-11(6-2)8-7-9-13-12(14)10(3)4/h8H,3,5-7,9H2,1-2,4H3,(H,13,14). The van der Waals surface area contributed by atoms with E-state index in [2.05, 4.69) is 31.8 Å². The second kappa shape index (κ2) is 7.36. The molecule has 2 heteroatoms. The van der Waals surface area contributed by atoms with Crippen LogP contribution in [0.4, 0.5) is 0 Å². The number of amides is 1. The van der Waals surface area contributed by atoms with Gasteiger partial charge in [-0.2, -0.15) is 0 Å². The Morgan fingerprint density at radius 1 is 1.36 bits per heavy atom. The van der Waals surface area contributed by atoms with E-state index in [1.807, 2.05) is 0 Å². The van der Waals surface area contributed by atoms with Gasteiger partial charge in [0.15, 0.2) is 0 Å². The van der Waals surface area contributed by atoms with E-state index >= 15 is 0 Å². The zero-order valence-corrected chi connectivity index (χ0v) is 9.52. The van der Waals surface area contributed by atoms with Crippen LogP contribution in [0.5, 0.6) is 0 Å². The minimum absolute atomic E-state index is 0.0482. The van der Waals surface area contributed by atoms with Crippen molar-refractivity contribution in [3.63, 3.8) is 0 Å². The molecular formula is C12H21NO. The normalized spacial score (nSPS) is 9.36. The van der Waals surface area contributed by atoms with Crippen LogP contribution in [-0.2, 0) is 4.79 Å². The van der Waals surface area contributed by atoms with Crippen LogP contribution in [0.25, 0.3) is 0 Å². The summed E-state index contributed by atoms with van der Waals surface area (Å²) in [6, 6.07) is 0. The number of carbonyl (C=O) groups is 1. The van der Waals surface area contributed by atoms with E-state index in [0.29, 0.717) is 12.1 Å². The number of hydrogen-bond acceptors (Lipinski definition) is 1. The number of rotatable bonds is 6. The van der Waals surface area contributed by atoms with Crippen molar-refractivity contribution in [1.82, 2.24) is 5.32 Å². The molecule has 0 saturated carbocycles. The number of nitrogens with one attached hydrogen (secondary N) is 1. The largest absolute Gasteiger partial charge is 0.352 e. The zero-order chi connectivity index (χ0) is 11.0. The average Bonchev–Trinajstić information content (AvgIpc) is 2.17. The summed E-state index contributed by atoms with van der Waals surface area (Å²) in [7, 11) is 0. The molecule has 0 aromatic rings. The van der Waals surface area contributed by atoms with Gasteiger partial charge in [-0.1, -0.05) is 32.1 Å². The lowest BCUT2D eigenvalue weighted by Gasteiger charge is -2.03. The Hall–Kier alpha value is -1.05. The van der Waals surface area contributed by atoms with Gasteiger partial charge >= 0.3 is 0 Å². The fourth-order valence-corrected chi connectivity index (χ4v) is 1.15. The molecule has 0 aromatic carbocycles. The number of allylic oxidation sites excluding steroid dienone is 1. The molecule has 0 atom stereocenters. The fraction of sp³-hybridized carbons (Fsp3) is 0.583. The van der Waals surface area contributed by atoms with Gasteiger partial charge in [-0.25, -0.2) is 0 Å². The van der Waals surface area contributed by atoms with Crippen molar-refractivity contribution in [2.75, 3.05) is 6.54 Å². The molecule has 0 aliphatic carbocycles. The third-order valence-electron chi connectivity index (χ3n) is 2.16. The van der Waals surface area contributed by atoms with Gasteiger partial charge in [-0.15, -0.1) is 0 Å². The van der Waals surface area contributed by atoms with Gasteiger partial charge in [0.05, 0.1) is 0 Å². The molecule has 0 saturated heterocycles. The van der Waals surface area contributed by atoms with Gasteiger partial charge in [-0.3, -0.25) is 4.79 Å². The highest BCUT2D eigenvalue weighted by molar-refractivity contribution is 5.92. The van der Waals surface area contributed by atoms with Crippen molar-refractivity contribution in [3.8, 4) is 0 Å².